The lowest BCUT2D eigenvalue weighted by molar-refractivity contribution is -0.00829. The molecule has 0 spiro atoms. The van der Waals surface area contributed by atoms with Crippen LogP contribution >= 0.6 is 0 Å². The topological polar surface area (TPSA) is 0 Å². The molecular formula is C17H18F2. The van der Waals surface area contributed by atoms with E-state index in [4.69, 9.17) is 0 Å². The summed E-state index contributed by atoms with van der Waals surface area (Å²) in [5.41, 5.74) is 2.48. The molecule has 0 atom stereocenters. The Balaban J connectivity index is 2.00. The monoisotopic (exact) mass is 260 g/mol. The summed E-state index contributed by atoms with van der Waals surface area (Å²) >= 11 is 0. The molecule has 0 fully saturated rings. The van der Waals surface area contributed by atoms with Crippen molar-refractivity contribution in [3.63, 3.8) is 0 Å². The average molecular weight is 260 g/mol. The van der Waals surface area contributed by atoms with Gasteiger partial charge in [0.15, 0.2) is 0 Å². The van der Waals surface area contributed by atoms with Crippen LogP contribution in [0.15, 0.2) is 54.6 Å². The van der Waals surface area contributed by atoms with Gasteiger partial charge >= 0.3 is 0 Å². The Morgan fingerprint density at radius 1 is 0.789 bits per heavy atom. The van der Waals surface area contributed by atoms with E-state index in [1.807, 2.05) is 30.3 Å². The van der Waals surface area contributed by atoms with Gasteiger partial charge in [0.1, 0.15) is 0 Å². The maximum Gasteiger partial charge on any atom is 0.273 e. The van der Waals surface area contributed by atoms with Gasteiger partial charge in [0, 0.05) is 12.0 Å². The first kappa shape index (κ1) is 13.7. The first-order valence-electron chi connectivity index (χ1n) is 6.63. The van der Waals surface area contributed by atoms with Gasteiger partial charge in [0.2, 0.25) is 0 Å². The third-order valence-corrected chi connectivity index (χ3v) is 3.37. The Labute approximate surface area is 113 Å². The Morgan fingerprint density at radius 2 is 1.32 bits per heavy atom. The second-order valence-corrected chi connectivity index (χ2v) is 4.74. The molecule has 0 unspecified atom stereocenters. The van der Waals surface area contributed by atoms with Crippen molar-refractivity contribution in [2.24, 2.45) is 0 Å². The minimum Gasteiger partial charge on any atom is -0.201 e. The van der Waals surface area contributed by atoms with E-state index in [0.717, 1.165) is 18.4 Å². The number of hydrogen-bond acceptors (Lipinski definition) is 0. The summed E-state index contributed by atoms with van der Waals surface area (Å²) in [7, 11) is 0. The summed E-state index contributed by atoms with van der Waals surface area (Å²) in [5, 5.41) is 0. The Kier molecular flexibility index (Phi) is 4.31. The summed E-state index contributed by atoms with van der Waals surface area (Å²) < 4.78 is 26.9. The quantitative estimate of drug-likeness (QED) is 0.711. The second kappa shape index (κ2) is 5.96. The molecule has 0 aliphatic carbocycles. The van der Waals surface area contributed by atoms with Crippen molar-refractivity contribution < 1.29 is 8.78 Å². The number of halogens is 2. The molecule has 2 rings (SSSR count). The summed E-state index contributed by atoms with van der Waals surface area (Å²) in [5.74, 6) is -2.71. The highest BCUT2D eigenvalue weighted by Crippen LogP contribution is 2.31. The lowest BCUT2D eigenvalue weighted by Crippen LogP contribution is -2.11. The Hall–Kier alpha value is -1.70. The van der Waals surface area contributed by atoms with Crippen molar-refractivity contribution in [1.82, 2.24) is 0 Å². The molecule has 0 nitrogen and oxygen atoms in total. The van der Waals surface area contributed by atoms with Crippen molar-refractivity contribution in [2.45, 2.75) is 32.1 Å². The molecule has 19 heavy (non-hydrogen) atoms. The van der Waals surface area contributed by atoms with Crippen molar-refractivity contribution in [2.75, 3.05) is 0 Å². The molecule has 2 aromatic rings. The number of alkyl halides is 2. The predicted octanol–water partition coefficient (Wildman–Crippen LogP) is 4.97. The molecule has 0 aliphatic heterocycles. The van der Waals surface area contributed by atoms with E-state index in [1.54, 1.807) is 12.1 Å². The van der Waals surface area contributed by atoms with Gasteiger partial charge in [-0.05, 0) is 24.0 Å². The van der Waals surface area contributed by atoms with Crippen molar-refractivity contribution in [3.8, 4) is 0 Å². The number of aryl methyl sites for hydroxylation is 2. The normalized spacial score (nSPS) is 11.5. The molecule has 0 bridgehead atoms. The van der Waals surface area contributed by atoms with Crippen LogP contribution in [0.25, 0.3) is 0 Å². The minimum atomic E-state index is -2.71. The van der Waals surface area contributed by atoms with Gasteiger partial charge in [0.05, 0.1) is 0 Å². The van der Waals surface area contributed by atoms with E-state index in [2.05, 4.69) is 12.1 Å². The number of hydrogen-bond donors (Lipinski definition) is 0. The van der Waals surface area contributed by atoms with Crippen molar-refractivity contribution in [3.05, 3.63) is 71.3 Å². The predicted molar refractivity (Wildman–Crippen MR) is 74.5 cm³/mol. The summed E-state index contributed by atoms with van der Waals surface area (Å²) in [6.07, 6.45) is 1.66. The van der Waals surface area contributed by atoms with Crippen LogP contribution in [0.4, 0.5) is 8.78 Å². The van der Waals surface area contributed by atoms with Crippen LogP contribution in [-0.4, -0.2) is 0 Å². The van der Waals surface area contributed by atoms with Gasteiger partial charge in [-0.25, -0.2) is 8.78 Å². The average Bonchev–Trinajstić information content (AvgIpc) is 2.47. The lowest BCUT2D eigenvalue weighted by atomic mass is 10.0. The Morgan fingerprint density at radius 3 is 1.84 bits per heavy atom. The van der Waals surface area contributed by atoms with Crippen LogP contribution < -0.4 is 0 Å². The molecule has 100 valence electrons. The van der Waals surface area contributed by atoms with E-state index in [0.29, 0.717) is 0 Å². The fourth-order valence-electron chi connectivity index (χ4n) is 2.05. The fraction of sp³-hybridized carbons (Fsp3) is 0.294. The van der Waals surface area contributed by atoms with Crippen molar-refractivity contribution in [1.29, 1.82) is 0 Å². The van der Waals surface area contributed by atoms with Gasteiger partial charge in [-0.1, -0.05) is 61.5 Å². The third kappa shape index (κ3) is 3.63. The number of benzene rings is 2. The van der Waals surface area contributed by atoms with Crippen LogP contribution in [0.2, 0.25) is 0 Å². The smallest absolute Gasteiger partial charge is 0.201 e. The number of rotatable bonds is 5. The molecule has 0 radical (unpaired) electrons. The van der Waals surface area contributed by atoms with Gasteiger partial charge in [0.25, 0.3) is 5.92 Å². The van der Waals surface area contributed by atoms with Crippen LogP contribution in [0, 0.1) is 0 Å². The molecule has 0 saturated heterocycles. The zero-order valence-electron chi connectivity index (χ0n) is 11.1. The van der Waals surface area contributed by atoms with E-state index >= 15 is 0 Å². The first-order valence-corrected chi connectivity index (χ1v) is 6.63. The molecule has 0 saturated carbocycles. The van der Waals surface area contributed by atoms with E-state index in [1.165, 1.54) is 12.5 Å². The molecule has 0 N–H and O–H groups in total. The van der Waals surface area contributed by atoms with E-state index in [-0.39, 0.29) is 12.0 Å². The second-order valence-electron chi connectivity index (χ2n) is 4.74. The van der Waals surface area contributed by atoms with Gasteiger partial charge in [-0.3, -0.25) is 0 Å². The van der Waals surface area contributed by atoms with Gasteiger partial charge < -0.3 is 0 Å². The molecule has 2 aromatic carbocycles. The van der Waals surface area contributed by atoms with Crippen LogP contribution in [0.5, 0.6) is 0 Å². The van der Waals surface area contributed by atoms with E-state index < -0.39 is 5.92 Å². The highest BCUT2D eigenvalue weighted by molar-refractivity contribution is 5.27. The van der Waals surface area contributed by atoms with Crippen LogP contribution in [0.3, 0.4) is 0 Å². The lowest BCUT2D eigenvalue weighted by Gasteiger charge is -2.14. The summed E-state index contributed by atoms with van der Waals surface area (Å²) in [6.45, 7) is 1.50. The van der Waals surface area contributed by atoms with E-state index in [9.17, 15) is 8.78 Å². The summed E-state index contributed by atoms with van der Waals surface area (Å²) in [4.78, 5) is 0. The van der Waals surface area contributed by atoms with Crippen LogP contribution in [-0.2, 0) is 18.8 Å². The van der Waals surface area contributed by atoms with Gasteiger partial charge in [-0.15, -0.1) is 0 Å². The van der Waals surface area contributed by atoms with Crippen molar-refractivity contribution >= 4 is 0 Å². The Bertz CT molecular complexity index is 501. The standard InChI is InChI=1S/C17H18F2/c1-2-17(18,19)16-12-10-15(11-13-16)9-8-14-6-4-3-5-7-14/h3-7,10-13H,2,8-9H2,1H3. The zero-order valence-corrected chi connectivity index (χ0v) is 11.1. The third-order valence-electron chi connectivity index (χ3n) is 3.37. The van der Waals surface area contributed by atoms with Gasteiger partial charge in [-0.2, -0.15) is 0 Å². The maximum absolute atomic E-state index is 13.5. The zero-order chi connectivity index (χ0) is 13.7. The maximum atomic E-state index is 13.5. The molecular weight excluding hydrogens is 242 g/mol. The van der Waals surface area contributed by atoms with Crippen LogP contribution in [0.1, 0.15) is 30.0 Å². The molecule has 0 heterocycles. The molecule has 0 aliphatic rings. The SMILES string of the molecule is CCC(F)(F)c1ccc(CCc2ccccc2)cc1. The highest BCUT2D eigenvalue weighted by atomic mass is 19.3. The largest absolute Gasteiger partial charge is 0.273 e. The highest BCUT2D eigenvalue weighted by Gasteiger charge is 2.28. The molecule has 0 aromatic heterocycles. The molecule has 2 heteroatoms. The molecule has 0 amide bonds. The summed E-state index contributed by atoms with van der Waals surface area (Å²) in [6, 6.07) is 16.9. The minimum absolute atomic E-state index is 0.110. The fourth-order valence-corrected chi connectivity index (χ4v) is 2.05. The first-order chi connectivity index (χ1) is 9.12.